The van der Waals surface area contributed by atoms with E-state index in [1.807, 2.05) is 0 Å². The molecule has 3 nitrogen and oxygen atoms in total. The molecular weight excluding hydrogens is 267 g/mol. The molecule has 0 saturated heterocycles. The lowest BCUT2D eigenvalue weighted by atomic mass is 10.1. The quantitative estimate of drug-likeness (QED) is 0.918. The van der Waals surface area contributed by atoms with Crippen LogP contribution >= 0.6 is 15.9 Å². The predicted octanol–water partition coefficient (Wildman–Crippen LogP) is 2.23. The largest absolute Gasteiger partial charge is 0.479 e. The third-order valence-corrected chi connectivity index (χ3v) is 2.47. The maximum Gasteiger partial charge on any atom is 0.333 e. The molecule has 1 rings (SSSR count). The van der Waals surface area contributed by atoms with Crippen LogP contribution in [0.2, 0.25) is 0 Å². The highest BCUT2D eigenvalue weighted by Crippen LogP contribution is 2.17. The van der Waals surface area contributed by atoms with Gasteiger partial charge in [-0.25, -0.2) is 9.18 Å². The lowest BCUT2D eigenvalue weighted by Crippen LogP contribution is -2.25. The molecule has 0 saturated carbocycles. The Morgan fingerprint density at radius 1 is 1.67 bits per heavy atom. The van der Waals surface area contributed by atoms with E-state index in [0.717, 1.165) is 0 Å². The van der Waals surface area contributed by atoms with E-state index in [9.17, 15) is 9.18 Å². The van der Waals surface area contributed by atoms with Crippen molar-refractivity contribution < 1.29 is 19.0 Å². The van der Waals surface area contributed by atoms with Crippen molar-refractivity contribution in [2.75, 3.05) is 7.11 Å². The van der Waals surface area contributed by atoms with E-state index in [2.05, 4.69) is 15.9 Å². The van der Waals surface area contributed by atoms with Gasteiger partial charge in [-0.05, 0) is 23.8 Å². The molecule has 0 aromatic heterocycles. The van der Waals surface area contributed by atoms with Crippen LogP contribution in [-0.4, -0.2) is 24.3 Å². The van der Waals surface area contributed by atoms with Crippen LogP contribution in [0.25, 0.3) is 0 Å². The van der Waals surface area contributed by atoms with Crippen LogP contribution in [0.3, 0.4) is 0 Å². The van der Waals surface area contributed by atoms with Crippen molar-refractivity contribution in [1.82, 2.24) is 0 Å². The van der Waals surface area contributed by atoms with Crippen LogP contribution in [0.1, 0.15) is 5.56 Å². The zero-order chi connectivity index (χ0) is 11.4. The summed E-state index contributed by atoms with van der Waals surface area (Å²) in [5, 5.41) is 8.74. The van der Waals surface area contributed by atoms with Gasteiger partial charge in [-0.15, -0.1) is 0 Å². The fourth-order valence-electron chi connectivity index (χ4n) is 1.17. The van der Waals surface area contributed by atoms with Gasteiger partial charge in [0.25, 0.3) is 0 Å². The molecule has 0 fully saturated rings. The molecule has 1 atom stereocenters. The van der Waals surface area contributed by atoms with Gasteiger partial charge in [0.1, 0.15) is 5.82 Å². The second-order valence-corrected chi connectivity index (χ2v) is 3.92. The van der Waals surface area contributed by atoms with Crippen LogP contribution in [0.4, 0.5) is 4.39 Å². The maximum atomic E-state index is 13.3. The van der Waals surface area contributed by atoms with Gasteiger partial charge in [0.15, 0.2) is 6.10 Å². The van der Waals surface area contributed by atoms with Crippen molar-refractivity contribution in [3.63, 3.8) is 0 Å². The topological polar surface area (TPSA) is 46.5 Å². The van der Waals surface area contributed by atoms with E-state index in [1.165, 1.54) is 13.2 Å². The molecule has 0 aliphatic rings. The Balaban J connectivity index is 2.87. The summed E-state index contributed by atoms with van der Waals surface area (Å²) in [6.07, 6.45) is -1.01. The third-order valence-electron chi connectivity index (χ3n) is 1.97. The Morgan fingerprint density at radius 3 is 2.87 bits per heavy atom. The number of benzene rings is 1. The van der Waals surface area contributed by atoms with Crippen LogP contribution in [-0.2, 0) is 16.0 Å². The maximum absolute atomic E-state index is 13.3. The number of carboxylic acids is 1. The summed E-state index contributed by atoms with van der Waals surface area (Å²) < 4.78 is 18.7. The average molecular weight is 277 g/mol. The van der Waals surface area contributed by atoms with Gasteiger partial charge < -0.3 is 9.84 Å². The Morgan fingerprint density at radius 2 is 2.33 bits per heavy atom. The minimum absolute atomic E-state index is 0.0110. The minimum atomic E-state index is -1.10. The van der Waals surface area contributed by atoms with E-state index in [0.29, 0.717) is 10.0 Å². The van der Waals surface area contributed by atoms with E-state index in [1.54, 1.807) is 12.1 Å². The molecule has 5 heteroatoms. The zero-order valence-corrected chi connectivity index (χ0v) is 9.62. The van der Waals surface area contributed by atoms with Crippen molar-refractivity contribution >= 4 is 21.9 Å². The van der Waals surface area contributed by atoms with Gasteiger partial charge in [0.05, 0.1) is 0 Å². The van der Waals surface area contributed by atoms with Crippen LogP contribution < -0.4 is 0 Å². The molecule has 1 unspecified atom stereocenters. The number of hydrogen-bond donors (Lipinski definition) is 1. The molecule has 0 bridgehead atoms. The third kappa shape index (κ3) is 3.28. The number of methoxy groups -OCH3 is 1. The Hall–Kier alpha value is -0.940. The normalized spacial score (nSPS) is 12.5. The van der Waals surface area contributed by atoms with Gasteiger partial charge in [-0.2, -0.15) is 0 Å². The zero-order valence-electron chi connectivity index (χ0n) is 8.04. The predicted molar refractivity (Wildman–Crippen MR) is 56.2 cm³/mol. The summed E-state index contributed by atoms with van der Waals surface area (Å²) in [5.74, 6) is -1.53. The van der Waals surface area contributed by atoms with Crippen LogP contribution in [0.15, 0.2) is 22.7 Å². The molecule has 0 spiro atoms. The van der Waals surface area contributed by atoms with E-state index in [-0.39, 0.29) is 6.42 Å². The molecule has 15 heavy (non-hydrogen) atoms. The highest BCUT2D eigenvalue weighted by atomic mass is 79.9. The molecule has 1 aromatic carbocycles. The SMILES string of the molecule is COC(Cc1cc(Br)ccc1F)C(=O)O. The standard InChI is InChI=1S/C10H10BrFO3/c1-15-9(10(13)14)5-6-4-7(11)2-3-8(6)12/h2-4,9H,5H2,1H3,(H,13,14). The smallest absolute Gasteiger partial charge is 0.333 e. The van der Waals surface area contributed by atoms with E-state index < -0.39 is 17.9 Å². The van der Waals surface area contributed by atoms with Gasteiger partial charge >= 0.3 is 5.97 Å². The Bertz CT molecular complexity index is 368. The summed E-state index contributed by atoms with van der Waals surface area (Å²) in [7, 11) is 1.29. The van der Waals surface area contributed by atoms with Crippen molar-refractivity contribution in [2.45, 2.75) is 12.5 Å². The van der Waals surface area contributed by atoms with Gasteiger partial charge in [0.2, 0.25) is 0 Å². The van der Waals surface area contributed by atoms with E-state index >= 15 is 0 Å². The molecule has 0 aliphatic carbocycles. The molecule has 0 radical (unpaired) electrons. The fourth-order valence-corrected chi connectivity index (χ4v) is 1.58. The number of rotatable bonds is 4. The van der Waals surface area contributed by atoms with Gasteiger partial charge in [-0.1, -0.05) is 15.9 Å². The first-order valence-corrected chi connectivity index (χ1v) is 5.03. The number of aliphatic carboxylic acids is 1. The molecule has 0 heterocycles. The second-order valence-electron chi connectivity index (χ2n) is 3.00. The number of halogens is 2. The van der Waals surface area contributed by atoms with Gasteiger partial charge in [0, 0.05) is 18.0 Å². The fraction of sp³-hybridized carbons (Fsp3) is 0.300. The summed E-state index contributed by atoms with van der Waals surface area (Å²) in [6.45, 7) is 0. The minimum Gasteiger partial charge on any atom is -0.479 e. The van der Waals surface area contributed by atoms with Crippen LogP contribution in [0.5, 0.6) is 0 Å². The lowest BCUT2D eigenvalue weighted by Gasteiger charge is -2.11. The van der Waals surface area contributed by atoms with Gasteiger partial charge in [-0.3, -0.25) is 0 Å². The lowest BCUT2D eigenvalue weighted by molar-refractivity contribution is -0.148. The molecular formula is C10H10BrFO3. The summed E-state index contributed by atoms with van der Waals surface area (Å²) in [5.41, 5.74) is 0.318. The summed E-state index contributed by atoms with van der Waals surface area (Å²) in [4.78, 5) is 10.7. The first-order chi connectivity index (χ1) is 7.04. The molecule has 0 aliphatic heterocycles. The first kappa shape index (κ1) is 12.1. The van der Waals surface area contributed by atoms with E-state index in [4.69, 9.17) is 9.84 Å². The molecule has 1 aromatic rings. The second kappa shape index (κ2) is 5.23. The molecule has 82 valence electrons. The summed E-state index contributed by atoms with van der Waals surface area (Å²) in [6, 6.07) is 4.39. The van der Waals surface area contributed by atoms with Crippen LogP contribution in [0, 0.1) is 5.82 Å². The highest BCUT2D eigenvalue weighted by Gasteiger charge is 2.18. The Labute approximate surface area is 95.0 Å². The Kier molecular flexibility index (Phi) is 4.23. The van der Waals surface area contributed by atoms with Crippen molar-refractivity contribution in [3.8, 4) is 0 Å². The monoisotopic (exact) mass is 276 g/mol. The average Bonchev–Trinajstić information content (AvgIpc) is 2.18. The molecule has 0 amide bonds. The van der Waals surface area contributed by atoms with Crippen molar-refractivity contribution in [1.29, 1.82) is 0 Å². The number of carbonyl (C=O) groups is 1. The van der Waals surface area contributed by atoms with Crippen molar-refractivity contribution in [3.05, 3.63) is 34.1 Å². The number of hydrogen-bond acceptors (Lipinski definition) is 2. The summed E-state index contributed by atoms with van der Waals surface area (Å²) >= 11 is 3.19. The van der Waals surface area contributed by atoms with Crippen molar-refractivity contribution in [2.24, 2.45) is 0 Å². The number of carboxylic acid groups (broad SMARTS) is 1. The number of ether oxygens (including phenoxy) is 1. The highest BCUT2D eigenvalue weighted by molar-refractivity contribution is 9.10. The molecule has 1 N–H and O–H groups in total. The first-order valence-electron chi connectivity index (χ1n) is 4.24.